The van der Waals surface area contributed by atoms with Crippen molar-refractivity contribution in [1.29, 1.82) is 0 Å². The highest BCUT2D eigenvalue weighted by molar-refractivity contribution is 9.10. The summed E-state index contributed by atoms with van der Waals surface area (Å²) in [7, 11) is 0. The van der Waals surface area contributed by atoms with Gasteiger partial charge in [-0.3, -0.25) is 4.79 Å². The second kappa shape index (κ2) is 6.26. The molecule has 19 heavy (non-hydrogen) atoms. The summed E-state index contributed by atoms with van der Waals surface area (Å²) in [5.74, 6) is -0.160. The fourth-order valence-corrected chi connectivity index (χ4v) is 2.49. The van der Waals surface area contributed by atoms with Gasteiger partial charge in [0, 0.05) is 17.2 Å². The summed E-state index contributed by atoms with van der Waals surface area (Å²) >= 11 is 9.43. The Hall–Kier alpha value is -1.26. The zero-order chi connectivity index (χ0) is 13.8. The molecular weight excluding hydrogens is 328 g/mol. The number of hydrogen-bond acceptors (Lipinski definition) is 1. The van der Waals surface area contributed by atoms with Crippen LogP contribution in [0, 0.1) is 0 Å². The van der Waals surface area contributed by atoms with E-state index in [1.165, 1.54) is 0 Å². The Labute approximate surface area is 125 Å². The highest BCUT2D eigenvalue weighted by Crippen LogP contribution is 2.22. The number of aryl methyl sites for hydroxylation is 1. The first kappa shape index (κ1) is 14.2. The molecule has 1 N–H and O–H groups in total. The monoisotopic (exact) mass is 340 g/mol. The molecule has 0 radical (unpaired) electrons. The number of nitrogens with zero attached hydrogens (tertiary/aromatic N) is 1. The first-order chi connectivity index (χ1) is 9.11. The average Bonchev–Trinajstić information content (AvgIpc) is 2.74. The van der Waals surface area contributed by atoms with Crippen LogP contribution in [0.15, 0.2) is 41.0 Å². The van der Waals surface area contributed by atoms with E-state index in [1.807, 2.05) is 29.0 Å². The topological polar surface area (TPSA) is 34.0 Å². The molecule has 0 unspecified atom stereocenters. The van der Waals surface area contributed by atoms with Crippen LogP contribution in [-0.2, 0) is 6.54 Å². The molecule has 2 aromatic rings. The molecule has 0 bridgehead atoms. The second-order valence-corrected chi connectivity index (χ2v) is 5.49. The van der Waals surface area contributed by atoms with E-state index in [0.717, 1.165) is 17.4 Å². The average molecular weight is 342 g/mol. The lowest BCUT2D eigenvalue weighted by Gasteiger charge is -2.09. The summed E-state index contributed by atoms with van der Waals surface area (Å²) in [4.78, 5) is 12.3. The molecule has 1 aromatic heterocycles. The van der Waals surface area contributed by atoms with Gasteiger partial charge in [-0.1, -0.05) is 30.7 Å². The first-order valence-electron chi connectivity index (χ1n) is 6.03. The van der Waals surface area contributed by atoms with E-state index >= 15 is 0 Å². The van der Waals surface area contributed by atoms with Crippen molar-refractivity contribution < 1.29 is 4.79 Å². The van der Waals surface area contributed by atoms with Crippen molar-refractivity contribution in [2.45, 2.75) is 19.9 Å². The lowest BCUT2D eigenvalue weighted by molar-refractivity contribution is 0.101. The molecule has 1 amide bonds. The number of anilines is 1. The van der Waals surface area contributed by atoms with E-state index in [0.29, 0.717) is 16.4 Å². The van der Waals surface area contributed by atoms with Gasteiger partial charge in [0.05, 0.1) is 10.7 Å². The van der Waals surface area contributed by atoms with Crippen LogP contribution in [0.4, 0.5) is 5.69 Å². The Kier molecular flexibility index (Phi) is 4.66. The number of amides is 1. The highest BCUT2D eigenvalue weighted by Gasteiger charge is 2.13. The lowest BCUT2D eigenvalue weighted by atomic mass is 10.3. The molecule has 5 heteroatoms. The maximum Gasteiger partial charge on any atom is 0.272 e. The molecular formula is C14H14BrClN2O. The minimum absolute atomic E-state index is 0.160. The number of carbonyl (C=O) groups is 1. The normalized spacial score (nSPS) is 10.5. The number of aromatic nitrogens is 1. The predicted octanol–water partition coefficient (Wildman–Crippen LogP) is 4.57. The lowest BCUT2D eigenvalue weighted by Crippen LogP contribution is -2.16. The molecule has 0 aliphatic heterocycles. The fourth-order valence-electron chi connectivity index (χ4n) is 1.84. The van der Waals surface area contributed by atoms with E-state index in [9.17, 15) is 4.79 Å². The smallest absolute Gasteiger partial charge is 0.272 e. The standard InChI is InChI=1S/C14H14BrClN2O/c1-2-7-18-9-10(15)8-13(18)14(19)17-12-6-4-3-5-11(12)16/h3-6,8-9H,2,7H2,1H3,(H,17,19). The minimum Gasteiger partial charge on any atom is -0.342 e. The predicted molar refractivity (Wildman–Crippen MR) is 81.8 cm³/mol. The van der Waals surface area contributed by atoms with Crippen LogP contribution in [0.1, 0.15) is 23.8 Å². The zero-order valence-electron chi connectivity index (χ0n) is 10.5. The minimum atomic E-state index is -0.160. The van der Waals surface area contributed by atoms with Gasteiger partial charge in [-0.2, -0.15) is 0 Å². The molecule has 0 fully saturated rings. The summed E-state index contributed by atoms with van der Waals surface area (Å²) in [5.41, 5.74) is 1.24. The Balaban J connectivity index is 2.23. The van der Waals surface area contributed by atoms with Crippen LogP contribution in [-0.4, -0.2) is 10.5 Å². The molecule has 0 spiro atoms. The number of benzene rings is 1. The van der Waals surface area contributed by atoms with E-state index < -0.39 is 0 Å². The molecule has 0 aliphatic rings. The van der Waals surface area contributed by atoms with E-state index in [2.05, 4.69) is 28.2 Å². The van der Waals surface area contributed by atoms with Crippen molar-refractivity contribution in [3.63, 3.8) is 0 Å². The molecule has 0 aliphatic carbocycles. The SMILES string of the molecule is CCCn1cc(Br)cc1C(=O)Nc1ccccc1Cl. The number of halogens is 2. The molecule has 2 rings (SSSR count). The summed E-state index contributed by atoms with van der Waals surface area (Å²) in [6.45, 7) is 2.88. The molecule has 0 atom stereocenters. The van der Waals surface area contributed by atoms with Crippen LogP contribution >= 0.6 is 27.5 Å². The van der Waals surface area contributed by atoms with Crippen LogP contribution in [0.2, 0.25) is 5.02 Å². The Bertz CT molecular complexity index is 595. The van der Waals surface area contributed by atoms with E-state index in [1.54, 1.807) is 12.1 Å². The van der Waals surface area contributed by atoms with Crippen molar-refractivity contribution in [2.24, 2.45) is 0 Å². The number of nitrogens with one attached hydrogen (secondary N) is 1. The molecule has 3 nitrogen and oxygen atoms in total. The maximum atomic E-state index is 12.3. The van der Waals surface area contributed by atoms with Crippen LogP contribution in [0.3, 0.4) is 0 Å². The van der Waals surface area contributed by atoms with Gasteiger partial charge in [-0.05, 0) is 40.5 Å². The van der Waals surface area contributed by atoms with Gasteiger partial charge in [-0.25, -0.2) is 0 Å². The van der Waals surface area contributed by atoms with E-state index in [-0.39, 0.29) is 5.91 Å². The van der Waals surface area contributed by atoms with Crippen molar-refractivity contribution in [3.8, 4) is 0 Å². The second-order valence-electron chi connectivity index (χ2n) is 4.17. The third kappa shape index (κ3) is 3.39. The summed E-state index contributed by atoms with van der Waals surface area (Å²) < 4.78 is 2.82. The molecule has 1 aromatic carbocycles. The van der Waals surface area contributed by atoms with E-state index in [4.69, 9.17) is 11.6 Å². The van der Waals surface area contributed by atoms with Gasteiger partial charge in [0.2, 0.25) is 0 Å². The number of hydrogen-bond donors (Lipinski definition) is 1. The summed E-state index contributed by atoms with van der Waals surface area (Å²) in [5, 5.41) is 3.36. The zero-order valence-corrected chi connectivity index (χ0v) is 12.8. The van der Waals surface area contributed by atoms with Gasteiger partial charge < -0.3 is 9.88 Å². The van der Waals surface area contributed by atoms with Gasteiger partial charge in [-0.15, -0.1) is 0 Å². The van der Waals surface area contributed by atoms with Gasteiger partial charge >= 0.3 is 0 Å². The van der Waals surface area contributed by atoms with Crippen LogP contribution < -0.4 is 5.32 Å². The molecule has 0 saturated carbocycles. The van der Waals surface area contributed by atoms with Crippen LogP contribution in [0.5, 0.6) is 0 Å². The van der Waals surface area contributed by atoms with Gasteiger partial charge in [0.25, 0.3) is 5.91 Å². The molecule has 100 valence electrons. The Morgan fingerprint density at radius 1 is 1.42 bits per heavy atom. The fraction of sp³-hybridized carbons (Fsp3) is 0.214. The summed E-state index contributed by atoms with van der Waals surface area (Å²) in [6, 6.07) is 9.00. The van der Waals surface area contributed by atoms with Gasteiger partial charge in [0.15, 0.2) is 0 Å². The Morgan fingerprint density at radius 2 is 2.16 bits per heavy atom. The third-order valence-corrected chi connectivity index (χ3v) is 3.45. The van der Waals surface area contributed by atoms with Gasteiger partial charge in [0.1, 0.15) is 5.69 Å². The number of para-hydroxylation sites is 1. The van der Waals surface area contributed by atoms with Crippen molar-refractivity contribution in [2.75, 3.05) is 5.32 Å². The summed E-state index contributed by atoms with van der Waals surface area (Å²) in [6.07, 6.45) is 2.87. The largest absolute Gasteiger partial charge is 0.342 e. The van der Waals surface area contributed by atoms with Crippen LogP contribution in [0.25, 0.3) is 0 Å². The maximum absolute atomic E-state index is 12.3. The molecule has 1 heterocycles. The molecule has 0 saturated heterocycles. The van der Waals surface area contributed by atoms with Crippen molar-refractivity contribution >= 4 is 39.1 Å². The number of carbonyl (C=O) groups excluding carboxylic acids is 1. The third-order valence-electron chi connectivity index (χ3n) is 2.68. The number of rotatable bonds is 4. The van der Waals surface area contributed by atoms with Crippen molar-refractivity contribution in [1.82, 2.24) is 4.57 Å². The quantitative estimate of drug-likeness (QED) is 0.868. The Morgan fingerprint density at radius 3 is 2.84 bits per heavy atom. The first-order valence-corrected chi connectivity index (χ1v) is 7.20. The van der Waals surface area contributed by atoms with Crippen molar-refractivity contribution in [3.05, 3.63) is 51.7 Å². The highest BCUT2D eigenvalue weighted by atomic mass is 79.9.